The molecule has 2 aromatic carbocycles. The second-order valence-electron chi connectivity index (χ2n) is 4.05. The van der Waals surface area contributed by atoms with Crippen molar-refractivity contribution in [2.75, 3.05) is 0 Å². The fraction of sp³-hybridized carbons (Fsp3) is 0. The Morgan fingerprint density at radius 1 is 0.737 bits per heavy atom. The zero-order chi connectivity index (χ0) is 12.4. The van der Waals surface area contributed by atoms with E-state index in [-0.39, 0.29) is 12.4 Å². The summed E-state index contributed by atoms with van der Waals surface area (Å²) in [6.07, 6.45) is 0. The first kappa shape index (κ1) is 14.6. The molecule has 96 valence electrons. The van der Waals surface area contributed by atoms with E-state index in [4.69, 9.17) is 0 Å². The molecule has 3 aromatic rings. The number of thiophene rings is 1. The molecule has 19 heavy (non-hydrogen) atoms. The van der Waals surface area contributed by atoms with Gasteiger partial charge in [-0.3, -0.25) is 0 Å². The maximum absolute atomic E-state index is 2.37. The van der Waals surface area contributed by atoms with Gasteiger partial charge in [-0.05, 0) is 56.3 Å². The maximum Gasteiger partial charge on any atom is 0.0659 e. The first-order valence-electron chi connectivity index (χ1n) is 5.73. The number of hydrogen-bond acceptors (Lipinski definition) is 1. The van der Waals surface area contributed by atoms with E-state index in [2.05, 4.69) is 88.6 Å². The average Bonchev–Trinajstić information content (AvgIpc) is 2.86. The van der Waals surface area contributed by atoms with Crippen molar-refractivity contribution in [3.8, 4) is 22.3 Å². The topological polar surface area (TPSA) is 0 Å². The lowest BCUT2D eigenvalue weighted by molar-refractivity contribution is 1.60. The van der Waals surface area contributed by atoms with E-state index in [1.54, 1.807) is 11.3 Å². The molecule has 3 heteroatoms. The molecule has 1 heterocycles. The molecular formula is C16H12ClIS. The van der Waals surface area contributed by atoms with Crippen molar-refractivity contribution in [1.29, 1.82) is 0 Å². The molecule has 0 aliphatic heterocycles. The van der Waals surface area contributed by atoms with Crippen molar-refractivity contribution in [3.63, 3.8) is 0 Å². The van der Waals surface area contributed by atoms with Crippen molar-refractivity contribution in [2.45, 2.75) is 0 Å². The molecule has 0 saturated carbocycles. The highest BCUT2D eigenvalue weighted by Crippen LogP contribution is 2.34. The summed E-state index contributed by atoms with van der Waals surface area (Å²) in [5, 5.41) is 2.23. The average molecular weight is 399 g/mol. The molecule has 0 bridgehead atoms. The van der Waals surface area contributed by atoms with Crippen LogP contribution in [-0.4, -0.2) is 0 Å². The lowest BCUT2D eigenvalue weighted by Gasteiger charge is -2.08. The molecule has 0 saturated heterocycles. The highest BCUT2D eigenvalue weighted by Gasteiger charge is 2.07. The predicted molar refractivity (Wildman–Crippen MR) is 95.2 cm³/mol. The van der Waals surface area contributed by atoms with Crippen molar-refractivity contribution in [1.82, 2.24) is 0 Å². The standard InChI is InChI=1S/C16H11IS.ClH/c17-16-10-13(11-18-16)15-9-5-4-8-14(15)12-6-2-1-3-7-12;/h1-11H;1H. The number of rotatable bonds is 2. The Labute approximate surface area is 137 Å². The Morgan fingerprint density at radius 2 is 1.32 bits per heavy atom. The van der Waals surface area contributed by atoms with E-state index in [9.17, 15) is 0 Å². The summed E-state index contributed by atoms with van der Waals surface area (Å²) in [4.78, 5) is 0. The molecule has 0 nitrogen and oxygen atoms in total. The lowest BCUT2D eigenvalue weighted by atomic mass is 9.96. The Bertz CT molecular complexity index is 661. The van der Waals surface area contributed by atoms with Crippen LogP contribution in [0.25, 0.3) is 22.3 Å². The summed E-state index contributed by atoms with van der Waals surface area (Å²) < 4.78 is 1.32. The molecule has 0 atom stereocenters. The Hall–Kier alpha value is -0.840. The summed E-state index contributed by atoms with van der Waals surface area (Å²) in [6, 6.07) is 21.4. The minimum absolute atomic E-state index is 0. The Kier molecular flexibility index (Phi) is 5.02. The van der Waals surface area contributed by atoms with Crippen LogP contribution >= 0.6 is 46.3 Å². The van der Waals surface area contributed by atoms with Gasteiger partial charge in [0.2, 0.25) is 0 Å². The SMILES string of the molecule is Cl.Ic1cc(-c2ccccc2-c2ccccc2)cs1. The van der Waals surface area contributed by atoms with E-state index >= 15 is 0 Å². The normalized spacial score (nSPS) is 9.95. The smallest absolute Gasteiger partial charge is 0.0659 e. The fourth-order valence-electron chi connectivity index (χ4n) is 2.06. The van der Waals surface area contributed by atoms with Gasteiger partial charge in [-0.2, -0.15) is 0 Å². The van der Waals surface area contributed by atoms with Crippen molar-refractivity contribution in [2.24, 2.45) is 0 Å². The van der Waals surface area contributed by atoms with Crippen LogP contribution in [0.5, 0.6) is 0 Å². The van der Waals surface area contributed by atoms with Gasteiger partial charge in [0.1, 0.15) is 0 Å². The molecule has 0 unspecified atom stereocenters. The van der Waals surface area contributed by atoms with Gasteiger partial charge < -0.3 is 0 Å². The quantitative estimate of drug-likeness (QED) is 0.457. The number of halogens is 2. The summed E-state index contributed by atoms with van der Waals surface area (Å²) in [5.74, 6) is 0. The van der Waals surface area contributed by atoms with Crippen LogP contribution in [0.4, 0.5) is 0 Å². The van der Waals surface area contributed by atoms with E-state index in [0.29, 0.717) is 0 Å². The molecule has 1 aromatic heterocycles. The second-order valence-corrected chi connectivity index (χ2v) is 6.86. The fourth-order valence-corrected chi connectivity index (χ4v) is 3.40. The predicted octanol–water partition coefficient (Wildman–Crippen LogP) is 6.11. The van der Waals surface area contributed by atoms with Gasteiger partial charge in [0.15, 0.2) is 0 Å². The number of hydrogen-bond donors (Lipinski definition) is 0. The third kappa shape index (κ3) is 3.19. The first-order valence-corrected chi connectivity index (χ1v) is 7.69. The van der Waals surface area contributed by atoms with E-state index in [1.165, 1.54) is 25.1 Å². The minimum Gasteiger partial charge on any atom is -0.147 e. The van der Waals surface area contributed by atoms with Gasteiger partial charge in [0.25, 0.3) is 0 Å². The molecule has 0 aliphatic carbocycles. The molecule has 0 fully saturated rings. The monoisotopic (exact) mass is 398 g/mol. The van der Waals surface area contributed by atoms with Gasteiger partial charge in [-0.1, -0.05) is 54.6 Å². The summed E-state index contributed by atoms with van der Waals surface area (Å²) >= 11 is 4.16. The van der Waals surface area contributed by atoms with E-state index in [1.807, 2.05) is 0 Å². The third-order valence-corrected chi connectivity index (χ3v) is 4.68. The van der Waals surface area contributed by atoms with Gasteiger partial charge in [0.05, 0.1) is 2.88 Å². The number of benzene rings is 2. The summed E-state index contributed by atoms with van der Waals surface area (Å²) in [7, 11) is 0. The molecule has 0 radical (unpaired) electrons. The summed E-state index contributed by atoms with van der Waals surface area (Å²) in [5.41, 5.74) is 5.19. The van der Waals surface area contributed by atoms with Crippen molar-refractivity contribution < 1.29 is 0 Å². The second kappa shape index (κ2) is 6.55. The van der Waals surface area contributed by atoms with Gasteiger partial charge in [-0.25, -0.2) is 0 Å². The zero-order valence-electron chi connectivity index (χ0n) is 10.0. The van der Waals surface area contributed by atoms with Crippen LogP contribution in [0.3, 0.4) is 0 Å². The van der Waals surface area contributed by atoms with Crippen LogP contribution in [0.1, 0.15) is 0 Å². The lowest BCUT2D eigenvalue weighted by Crippen LogP contribution is -1.82. The van der Waals surface area contributed by atoms with Crippen molar-refractivity contribution in [3.05, 3.63) is 68.9 Å². The van der Waals surface area contributed by atoms with Crippen molar-refractivity contribution >= 4 is 46.3 Å². The maximum atomic E-state index is 2.37. The van der Waals surface area contributed by atoms with Crippen LogP contribution in [0, 0.1) is 2.88 Å². The van der Waals surface area contributed by atoms with E-state index < -0.39 is 0 Å². The van der Waals surface area contributed by atoms with E-state index in [0.717, 1.165) is 0 Å². The molecule has 0 N–H and O–H groups in total. The molecule has 0 aliphatic rings. The van der Waals surface area contributed by atoms with Gasteiger partial charge in [-0.15, -0.1) is 23.7 Å². The molecule has 0 amide bonds. The molecule has 3 rings (SSSR count). The summed E-state index contributed by atoms with van der Waals surface area (Å²) in [6.45, 7) is 0. The first-order chi connectivity index (χ1) is 8.84. The third-order valence-electron chi connectivity index (χ3n) is 2.89. The minimum atomic E-state index is 0. The highest BCUT2D eigenvalue weighted by atomic mass is 127. The molecular weight excluding hydrogens is 387 g/mol. The van der Waals surface area contributed by atoms with Crippen LogP contribution in [-0.2, 0) is 0 Å². The van der Waals surface area contributed by atoms with Gasteiger partial charge >= 0.3 is 0 Å². The Balaban J connectivity index is 0.00000133. The Morgan fingerprint density at radius 3 is 1.89 bits per heavy atom. The highest BCUT2D eigenvalue weighted by molar-refractivity contribution is 14.1. The van der Waals surface area contributed by atoms with Crippen LogP contribution in [0.2, 0.25) is 0 Å². The zero-order valence-corrected chi connectivity index (χ0v) is 13.8. The van der Waals surface area contributed by atoms with Crippen LogP contribution < -0.4 is 0 Å². The van der Waals surface area contributed by atoms with Gasteiger partial charge in [0, 0.05) is 0 Å². The largest absolute Gasteiger partial charge is 0.147 e. The van der Waals surface area contributed by atoms with Crippen LogP contribution in [0.15, 0.2) is 66.0 Å². The molecule has 0 spiro atoms.